The molecule has 174 valence electrons. The quantitative estimate of drug-likeness (QED) is 0.416. The van der Waals surface area contributed by atoms with Crippen LogP contribution in [0.2, 0.25) is 0 Å². The summed E-state index contributed by atoms with van der Waals surface area (Å²) in [4.78, 5) is 30.0. The maximum absolute atomic E-state index is 12.8. The van der Waals surface area contributed by atoms with Gasteiger partial charge in [0.25, 0.3) is 11.7 Å². The van der Waals surface area contributed by atoms with Crippen molar-refractivity contribution >= 4 is 28.3 Å². The highest BCUT2D eigenvalue weighted by atomic mass is 16.3. The third-order valence-corrected chi connectivity index (χ3v) is 6.65. The first-order chi connectivity index (χ1) is 17.0. The molecule has 3 heterocycles. The first kappa shape index (κ1) is 21.2. The summed E-state index contributed by atoms with van der Waals surface area (Å²) in [5.41, 5.74) is 6.67. The Bertz CT molecular complexity index is 1680. The number of rotatable bonds is 3. The number of nitrogens with one attached hydrogen (secondary N) is 1. The normalized spacial score (nSPS) is 13.2. The Morgan fingerprint density at radius 1 is 1.00 bits per heavy atom. The first-order valence-corrected chi connectivity index (χ1v) is 11.7. The lowest BCUT2D eigenvalue weighted by Crippen LogP contribution is -2.15. The Labute approximate surface area is 200 Å². The summed E-state index contributed by atoms with van der Waals surface area (Å²) >= 11 is 0. The zero-order chi connectivity index (χ0) is 24.1. The second-order valence-corrected chi connectivity index (χ2v) is 9.04. The number of aryl methyl sites for hydroxylation is 4. The van der Waals surface area contributed by atoms with E-state index in [4.69, 9.17) is 4.42 Å². The van der Waals surface area contributed by atoms with Crippen LogP contribution in [0.25, 0.3) is 28.0 Å². The van der Waals surface area contributed by atoms with Crippen LogP contribution < -0.4 is 10.7 Å². The van der Waals surface area contributed by atoms with E-state index in [9.17, 15) is 9.59 Å². The first-order valence-electron chi connectivity index (χ1n) is 11.7. The van der Waals surface area contributed by atoms with Gasteiger partial charge in [-0.3, -0.25) is 14.0 Å². The van der Waals surface area contributed by atoms with Crippen molar-refractivity contribution in [2.75, 3.05) is 5.32 Å². The van der Waals surface area contributed by atoms with Crippen LogP contribution >= 0.6 is 0 Å². The number of imidazole rings is 1. The average molecular weight is 466 g/mol. The molecule has 1 amide bonds. The molecule has 8 heteroatoms. The molecule has 0 unspecified atom stereocenters. The van der Waals surface area contributed by atoms with Crippen LogP contribution in [0.5, 0.6) is 0 Å². The molecule has 1 N–H and O–H groups in total. The number of hydrogen-bond acceptors (Lipinski definition) is 6. The molecular weight excluding hydrogens is 442 g/mol. The number of nitrogens with zero attached hydrogens (tertiary/aromatic N) is 4. The second kappa shape index (κ2) is 8.16. The van der Waals surface area contributed by atoms with E-state index in [0.717, 1.165) is 53.8 Å². The van der Waals surface area contributed by atoms with E-state index < -0.39 is 5.91 Å². The fraction of sp³-hybridized carbons (Fsp3) is 0.222. The standard InChI is InChI=1S/C27H23N5O3/c1-15-11-19-23(33)13-25(35-24(19)12-16(15)2)26(34)28-18-9-7-17(8-10-18)21-14-32-22-6-4-3-5-20(22)30-31-27(32)29-21/h7-14H,3-6H2,1-2H3,(H,28,34). The third kappa shape index (κ3) is 3.77. The largest absolute Gasteiger partial charge is 0.451 e. The van der Waals surface area contributed by atoms with Crippen molar-refractivity contribution in [2.45, 2.75) is 39.5 Å². The number of amides is 1. The molecule has 0 saturated heterocycles. The summed E-state index contributed by atoms with van der Waals surface area (Å²) < 4.78 is 7.79. The van der Waals surface area contributed by atoms with E-state index in [0.29, 0.717) is 22.4 Å². The average Bonchev–Trinajstić information content (AvgIpc) is 3.30. The monoisotopic (exact) mass is 465 g/mol. The number of fused-ring (bicyclic) bond motifs is 4. The van der Waals surface area contributed by atoms with Crippen molar-refractivity contribution in [3.63, 3.8) is 0 Å². The molecule has 0 bridgehead atoms. The molecule has 0 saturated carbocycles. The van der Waals surface area contributed by atoms with E-state index in [1.165, 1.54) is 11.8 Å². The fourth-order valence-electron chi connectivity index (χ4n) is 4.56. The molecule has 3 aromatic heterocycles. The minimum atomic E-state index is -0.482. The van der Waals surface area contributed by atoms with E-state index in [1.807, 2.05) is 36.6 Å². The van der Waals surface area contributed by atoms with Gasteiger partial charge in [0.1, 0.15) is 5.58 Å². The van der Waals surface area contributed by atoms with E-state index >= 15 is 0 Å². The van der Waals surface area contributed by atoms with Crippen LogP contribution in [-0.4, -0.2) is 25.5 Å². The lowest BCUT2D eigenvalue weighted by molar-refractivity contribution is 0.0997. The molecule has 0 atom stereocenters. The Morgan fingerprint density at radius 3 is 2.60 bits per heavy atom. The fourth-order valence-corrected chi connectivity index (χ4v) is 4.56. The van der Waals surface area contributed by atoms with Crippen LogP contribution in [-0.2, 0) is 12.8 Å². The van der Waals surface area contributed by atoms with Crippen LogP contribution in [0, 0.1) is 13.8 Å². The van der Waals surface area contributed by atoms with Crippen molar-refractivity contribution in [1.82, 2.24) is 19.6 Å². The number of carbonyl (C=O) groups excluding carboxylic acids is 1. The van der Waals surface area contributed by atoms with Crippen LogP contribution in [0.4, 0.5) is 5.69 Å². The smallest absolute Gasteiger partial charge is 0.291 e. The number of anilines is 1. The van der Waals surface area contributed by atoms with Gasteiger partial charge in [-0.1, -0.05) is 12.1 Å². The molecule has 8 nitrogen and oxygen atoms in total. The highest BCUT2D eigenvalue weighted by Crippen LogP contribution is 2.25. The van der Waals surface area contributed by atoms with E-state index in [1.54, 1.807) is 24.3 Å². The summed E-state index contributed by atoms with van der Waals surface area (Å²) in [5.74, 6) is 0.0814. The van der Waals surface area contributed by atoms with Crippen molar-refractivity contribution in [3.05, 3.63) is 87.2 Å². The molecule has 1 aliphatic carbocycles. The molecule has 0 spiro atoms. The Hall–Kier alpha value is -4.33. The summed E-state index contributed by atoms with van der Waals surface area (Å²) in [6.45, 7) is 3.87. The lowest BCUT2D eigenvalue weighted by Gasteiger charge is -2.14. The zero-order valence-electron chi connectivity index (χ0n) is 19.5. The molecule has 0 fully saturated rings. The van der Waals surface area contributed by atoms with Gasteiger partial charge in [0, 0.05) is 29.2 Å². The van der Waals surface area contributed by atoms with Crippen LogP contribution in [0.1, 0.15) is 45.9 Å². The second-order valence-electron chi connectivity index (χ2n) is 9.04. The van der Waals surface area contributed by atoms with Gasteiger partial charge in [-0.05, 0) is 74.9 Å². The minimum absolute atomic E-state index is 0.0291. The molecule has 5 aromatic rings. The lowest BCUT2D eigenvalue weighted by atomic mass is 10.0. The molecule has 35 heavy (non-hydrogen) atoms. The maximum Gasteiger partial charge on any atom is 0.291 e. The van der Waals surface area contributed by atoms with Gasteiger partial charge in [0.05, 0.1) is 16.8 Å². The molecule has 0 radical (unpaired) electrons. The van der Waals surface area contributed by atoms with Gasteiger partial charge in [0.2, 0.25) is 0 Å². The van der Waals surface area contributed by atoms with Crippen molar-refractivity contribution in [3.8, 4) is 11.3 Å². The maximum atomic E-state index is 12.8. The summed E-state index contributed by atoms with van der Waals surface area (Å²) in [6, 6.07) is 12.2. The minimum Gasteiger partial charge on any atom is -0.451 e. The van der Waals surface area contributed by atoms with Crippen molar-refractivity contribution in [2.24, 2.45) is 0 Å². The number of benzene rings is 2. The van der Waals surface area contributed by atoms with Crippen molar-refractivity contribution < 1.29 is 9.21 Å². The number of carbonyl (C=O) groups is 1. The Kier molecular flexibility index (Phi) is 4.95. The van der Waals surface area contributed by atoms with Gasteiger partial charge in [0.15, 0.2) is 11.2 Å². The molecule has 1 aliphatic rings. The zero-order valence-corrected chi connectivity index (χ0v) is 19.5. The van der Waals surface area contributed by atoms with Gasteiger partial charge in [-0.25, -0.2) is 4.98 Å². The summed E-state index contributed by atoms with van der Waals surface area (Å²) in [7, 11) is 0. The predicted molar refractivity (Wildman–Crippen MR) is 133 cm³/mol. The van der Waals surface area contributed by atoms with Gasteiger partial charge in [-0.2, -0.15) is 5.10 Å². The van der Waals surface area contributed by atoms with Gasteiger partial charge >= 0.3 is 0 Å². The topological polar surface area (TPSA) is 102 Å². The van der Waals surface area contributed by atoms with Crippen LogP contribution in [0.3, 0.4) is 0 Å². The Balaban J connectivity index is 1.25. The molecule has 0 aliphatic heterocycles. The van der Waals surface area contributed by atoms with Crippen LogP contribution in [0.15, 0.2) is 57.9 Å². The molecule has 6 rings (SSSR count). The predicted octanol–water partition coefficient (Wildman–Crippen LogP) is 4.65. The van der Waals surface area contributed by atoms with Crippen molar-refractivity contribution in [1.29, 1.82) is 0 Å². The molecule has 2 aromatic carbocycles. The molecular formula is C27H23N5O3. The van der Waals surface area contributed by atoms with E-state index in [-0.39, 0.29) is 11.2 Å². The third-order valence-electron chi connectivity index (χ3n) is 6.65. The SMILES string of the molecule is Cc1cc2oc(C(=O)Nc3ccc(-c4cn5c6c(nnc5n4)CCCC6)cc3)cc(=O)c2cc1C. The Morgan fingerprint density at radius 2 is 1.77 bits per heavy atom. The summed E-state index contributed by atoms with van der Waals surface area (Å²) in [5, 5.41) is 11.9. The highest BCUT2D eigenvalue weighted by Gasteiger charge is 2.17. The van der Waals surface area contributed by atoms with E-state index in [2.05, 4.69) is 20.5 Å². The number of aromatic nitrogens is 4. The number of hydrogen-bond donors (Lipinski definition) is 1. The highest BCUT2D eigenvalue weighted by molar-refractivity contribution is 6.03. The van der Waals surface area contributed by atoms with Gasteiger partial charge in [-0.15, -0.1) is 5.10 Å². The van der Waals surface area contributed by atoms with Gasteiger partial charge < -0.3 is 9.73 Å². The summed E-state index contributed by atoms with van der Waals surface area (Å²) in [6.07, 6.45) is 6.22.